The van der Waals surface area contributed by atoms with Crippen LogP contribution in [0.3, 0.4) is 0 Å². The van der Waals surface area contributed by atoms with E-state index in [-0.39, 0.29) is 51.0 Å². The molecule has 2 N–H and O–H groups in total. The monoisotopic (exact) mass is 718 g/mol. The van der Waals surface area contributed by atoms with Gasteiger partial charge in [0.2, 0.25) is 11.8 Å². The molecule has 284 valence electrons. The van der Waals surface area contributed by atoms with Crippen LogP contribution in [-0.4, -0.2) is 49.3 Å². The largest absolute Gasteiger partial charge is 0.491 e. The smallest absolute Gasteiger partial charge is 0.217 e. The summed E-state index contributed by atoms with van der Waals surface area (Å²) in [6, 6.07) is 29.7. The van der Waals surface area contributed by atoms with Crippen LogP contribution in [0.25, 0.3) is 0 Å². The van der Waals surface area contributed by atoms with Crippen molar-refractivity contribution in [1.82, 2.24) is 10.6 Å². The van der Waals surface area contributed by atoms with Crippen LogP contribution in [-0.2, 0) is 9.59 Å². The Hall–Kier alpha value is -5.38. The van der Waals surface area contributed by atoms with Gasteiger partial charge in [-0.2, -0.15) is 0 Å². The fraction of sp³-hybridized carbons (Fsp3) is 0.381. The van der Waals surface area contributed by atoms with Gasteiger partial charge >= 0.3 is 0 Å². The zero-order chi connectivity index (χ0) is 36.5. The van der Waals surface area contributed by atoms with E-state index in [1.165, 1.54) is 13.8 Å². The molecule has 0 aliphatic carbocycles. The average molecular weight is 719 g/mol. The highest BCUT2D eigenvalue weighted by molar-refractivity contribution is 5.73. The molecule has 4 rings (SSSR count). The summed E-state index contributed by atoms with van der Waals surface area (Å²) in [5.41, 5.74) is 0. The molecule has 0 aliphatic rings. The number of carbonyl (C=O) groups excluding carboxylic acids is 2. The van der Waals surface area contributed by atoms with Crippen molar-refractivity contribution in [2.24, 2.45) is 0 Å². The highest BCUT2D eigenvalue weighted by atomic mass is 16.5. The third kappa shape index (κ3) is 18.0. The Bertz CT molecular complexity index is 1450. The van der Waals surface area contributed by atoms with Crippen molar-refractivity contribution in [2.45, 2.75) is 94.5 Å². The minimum Gasteiger partial charge on any atom is -0.491 e. The van der Waals surface area contributed by atoms with Crippen LogP contribution < -0.4 is 39.1 Å². The van der Waals surface area contributed by atoms with Gasteiger partial charge in [-0.05, 0) is 139 Å². The molecule has 2 amide bonds. The van der Waals surface area contributed by atoms with Crippen molar-refractivity contribution in [3.8, 4) is 46.0 Å². The van der Waals surface area contributed by atoms with Crippen molar-refractivity contribution in [1.29, 1.82) is 0 Å². The van der Waals surface area contributed by atoms with Crippen LogP contribution in [0.2, 0.25) is 0 Å². The lowest BCUT2D eigenvalue weighted by Gasteiger charge is -2.14. The van der Waals surface area contributed by atoms with E-state index in [0.29, 0.717) is 13.2 Å². The average Bonchev–Trinajstić information content (AvgIpc) is 3.05. The van der Waals surface area contributed by atoms with Gasteiger partial charge in [-0.3, -0.25) is 9.59 Å². The molecular formula is C42H58N2O8. The molecule has 0 saturated heterocycles. The Morgan fingerprint density at radius 2 is 0.673 bits per heavy atom. The molecule has 10 heteroatoms. The van der Waals surface area contributed by atoms with Crippen LogP contribution in [0.1, 0.15) is 70.2 Å². The quantitative estimate of drug-likeness (QED) is 0.118. The summed E-state index contributed by atoms with van der Waals surface area (Å²) < 4.78 is 34.1. The molecule has 0 fully saturated rings. The van der Waals surface area contributed by atoms with Gasteiger partial charge in [-0.15, -0.1) is 0 Å². The molecule has 1 unspecified atom stereocenters. The normalized spacial score (nSPS) is 11.3. The van der Waals surface area contributed by atoms with E-state index >= 15 is 0 Å². The summed E-state index contributed by atoms with van der Waals surface area (Å²) >= 11 is 0. The number of rotatable bonds is 16. The van der Waals surface area contributed by atoms with E-state index in [2.05, 4.69) is 10.6 Å². The first kappa shape index (κ1) is 44.6. The number of hydrogen-bond donors (Lipinski definition) is 2. The number of hydrogen-bond acceptors (Lipinski definition) is 8. The van der Waals surface area contributed by atoms with Crippen LogP contribution in [0.15, 0.2) is 97.1 Å². The molecule has 0 spiro atoms. The molecule has 4 aromatic carbocycles. The van der Waals surface area contributed by atoms with Crippen LogP contribution in [0.5, 0.6) is 46.0 Å². The lowest BCUT2D eigenvalue weighted by atomic mass is 10.3. The van der Waals surface area contributed by atoms with Crippen LogP contribution in [0.4, 0.5) is 0 Å². The van der Waals surface area contributed by atoms with E-state index in [9.17, 15) is 9.59 Å². The van der Waals surface area contributed by atoms with Gasteiger partial charge in [-0.25, -0.2) is 0 Å². The second-order valence-electron chi connectivity index (χ2n) is 12.2. The van der Waals surface area contributed by atoms with E-state index < -0.39 is 0 Å². The van der Waals surface area contributed by atoms with Gasteiger partial charge in [0.1, 0.15) is 59.2 Å². The third-order valence-corrected chi connectivity index (χ3v) is 6.41. The molecule has 0 radical (unpaired) electrons. The Morgan fingerprint density at radius 1 is 0.442 bits per heavy atom. The molecular weight excluding hydrogens is 660 g/mol. The van der Waals surface area contributed by atoms with Gasteiger partial charge in [-0.1, -0.05) is 14.9 Å². The van der Waals surface area contributed by atoms with E-state index in [4.69, 9.17) is 28.4 Å². The Kier molecular flexibility index (Phi) is 19.9. The fourth-order valence-corrected chi connectivity index (χ4v) is 4.42. The zero-order valence-electron chi connectivity index (χ0n) is 30.2. The molecule has 2 atom stereocenters. The number of nitrogens with one attached hydrogen (secondary N) is 2. The summed E-state index contributed by atoms with van der Waals surface area (Å²) in [5.74, 6) is 5.89. The zero-order valence-corrected chi connectivity index (χ0v) is 30.2. The molecule has 0 bridgehead atoms. The summed E-state index contributed by atoms with van der Waals surface area (Å²) in [7, 11) is 0. The SMILES string of the molecule is C.C.CC(=O)NC(C)COc1ccc(Oc2ccc(OC(C)C)cc2)cc1.CC(=O)N[C@@H](C)COc1ccc(Oc2ccc(OC(C)C)cc2)cc1. The summed E-state index contributed by atoms with van der Waals surface area (Å²) in [5, 5.41) is 5.55. The Labute approximate surface area is 310 Å². The number of benzene rings is 4. The van der Waals surface area contributed by atoms with Crippen molar-refractivity contribution >= 4 is 11.8 Å². The Morgan fingerprint density at radius 3 is 0.904 bits per heavy atom. The van der Waals surface area contributed by atoms with Crippen LogP contribution >= 0.6 is 0 Å². The van der Waals surface area contributed by atoms with Crippen molar-refractivity contribution in [3.63, 3.8) is 0 Å². The second kappa shape index (κ2) is 23.2. The minimum atomic E-state index is -0.0651. The number of carbonyl (C=O) groups is 2. The Balaban J connectivity index is 0.000000501. The maximum atomic E-state index is 11.0. The van der Waals surface area contributed by atoms with Gasteiger partial charge in [0.15, 0.2) is 0 Å². The molecule has 0 aromatic heterocycles. The molecule has 4 aromatic rings. The van der Waals surface area contributed by atoms with Gasteiger partial charge in [0.25, 0.3) is 0 Å². The predicted molar refractivity (Wildman–Crippen MR) is 208 cm³/mol. The summed E-state index contributed by atoms with van der Waals surface area (Å²) in [6.45, 7) is 15.6. The maximum Gasteiger partial charge on any atom is 0.217 e. The highest BCUT2D eigenvalue weighted by Gasteiger charge is 2.07. The van der Waals surface area contributed by atoms with Gasteiger partial charge in [0.05, 0.1) is 24.3 Å². The minimum absolute atomic E-state index is 0. The standard InChI is InChI=1S/2C20H25NO4.2CH4/c2*1-14(2)24-18-9-11-20(12-10-18)25-19-7-5-17(6-8-19)23-13-15(3)21-16(4)22;;/h2*5-12,14-15H,13H2,1-4H3,(H,21,22);2*1H4/t15-;;;/m0.../s1. The number of amides is 2. The summed E-state index contributed by atoms with van der Waals surface area (Å²) in [4.78, 5) is 21.9. The van der Waals surface area contributed by atoms with Gasteiger partial charge in [0, 0.05) is 13.8 Å². The van der Waals surface area contributed by atoms with E-state index in [1.807, 2.05) is 139 Å². The van der Waals surface area contributed by atoms with Crippen molar-refractivity contribution in [2.75, 3.05) is 13.2 Å². The van der Waals surface area contributed by atoms with Gasteiger partial charge < -0.3 is 39.1 Å². The molecule has 10 nitrogen and oxygen atoms in total. The first-order chi connectivity index (χ1) is 23.8. The topological polar surface area (TPSA) is 114 Å². The highest BCUT2D eigenvalue weighted by Crippen LogP contribution is 2.27. The lowest BCUT2D eigenvalue weighted by Crippen LogP contribution is -2.35. The molecule has 52 heavy (non-hydrogen) atoms. The lowest BCUT2D eigenvalue weighted by molar-refractivity contribution is -0.120. The second-order valence-corrected chi connectivity index (χ2v) is 12.2. The molecule has 0 heterocycles. The fourth-order valence-electron chi connectivity index (χ4n) is 4.42. The van der Waals surface area contributed by atoms with Crippen molar-refractivity contribution < 1.29 is 38.0 Å². The first-order valence-electron chi connectivity index (χ1n) is 16.7. The molecule has 0 aliphatic heterocycles. The third-order valence-electron chi connectivity index (χ3n) is 6.41. The van der Waals surface area contributed by atoms with Crippen LogP contribution in [0, 0.1) is 0 Å². The predicted octanol–water partition coefficient (Wildman–Crippen LogP) is 9.61. The number of ether oxygens (including phenoxy) is 6. The molecule has 0 saturated carbocycles. The van der Waals surface area contributed by atoms with E-state index in [1.54, 1.807) is 0 Å². The first-order valence-corrected chi connectivity index (χ1v) is 16.7. The van der Waals surface area contributed by atoms with Crippen molar-refractivity contribution in [3.05, 3.63) is 97.1 Å². The maximum absolute atomic E-state index is 11.0. The summed E-state index contributed by atoms with van der Waals surface area (Å²) in [6.07, 6.45) is 0.292. The van der Waals surface area contributed by atoms with E-state index in [0.717, 1.165) is 46.0 Å².